The highest BCUT2D eigenvalue weighted by atomic mass is 16.2. The zero-order chi connectivity index (χ0) is 15.4. The van der Waals surface area contributed by atoms with E-state index in [4.69, 9.17) is 0 Å². The van der Waals surface area contributed by atoms with Crippen LogP contribution in [0.5, 0.6) is 0 Å². The Balaban J connectivity index is 1.93. The highest BCUT2D eigenvalue weighted by molar-refractivity contribution is 6.00. The van der Waals surface area contributed by atoms with Gasteiger partial charge < -0.3 is 10.2 Å². The summed E-state index contributed by atoms with van der Waals surface area (Å²) in [5.74, 6) is 1.68. The Bertz CT molecular complexity index is 460. The van der Waals surface area contributed by atoms with E-state index in [1.54, 1.807) is 0 Å². The van der Waals surface area contributed by atoms with E-state index in [-0.39, 0.29) is 23.9 Å². The van der Waals surface area contributed by atoms with Gasteiger partial charge in [0.1, 0.15) is 11.6 Å². The molecular weight excluding hydrogens is 264 g/mol. The molecule has 0 bridgehead atoms. The second-order valence-electron chi connectivity index (χ2n) is 7.58. The lowest BCUT2D eigenvalue weighted by Crippen LogP contribution is -2.72. The van der Waals surface area contributed by atoms with Crippen molar-refractivity contribution < 1.29 is 9.59 Å². The van der Waals surface area contributed by atoms with Crippen LogP contribution in [0, 0.1) is 17.8 Å². The summed E-state index contributed by atoms with van der Waals surface area (Å²) in [6.45, 7) is 8.45. The lowest BCUT2D eigenvalue weighted by Gasteiger charge is -2.48. The fraction of sp³-hybridized carbons (Fsp3) is 0.882. The van der Waals surface area contributed by atoms with Crippen molar-refractivity contribution in [3.63, 3.8) is 0 Å². The molecule has 2 saturated carbocycles. The molecule has 0 aromatic carbocycles. The van der Waals surface area contributed by atoms with Crippen LogP contribution in [-0.4, -0.2) is 34.3 Å². The van der Waals surface area contributed by atoms with E-state index < -0.39 is 5.54 Å². The summed E-state index contributed by atoms with van der Waals surface area (Å²) in [5.41, 5.74) is -0.658. The first-order valence-electron chi connectivity index (χ1n) is 8.55. The van der Waals surface area contributed by atoms with Crippen LogP contribution >= 0.6 is 0 Å². The molecule has 118 valence electrons. The van der Waals surface area contributed by atoms with Gasteiger partial charge in [-0.05, 0) is 56.8 Å². The molecular formula is C17H28N2O2. The standard InChI is InChI=1S/C17H28N2O2/c1-5-13-15(20)18-17(4,12-7-8-12)16(21)19(13)14-9-6-10(2)11(14)3/h10-14H,5-9H2,1-4H3,(H,18,20). The topological polar surface area (TPSA) is 49.4 Å². The summed E-state index contributed by atoms with van der Waals surface area (Å²) in [5, 5.41) is 3.05. The van der Waals surface area contributed by atoms with Gasteiger partial charge in [0, 0.05) is 6.04 Å². The molecule has 0 aromatic heterocycles. The second kappa shape index (κ2) is 4.99. The Morgan fingerprint density at radius 1 is 1.19 bits per heavy atom. The largest absolute Gasteiger partial charge is 0.340 e. The molecule has 3 fully saturated rings. The molecule has 21 heavy (non-hydrogen) atoms. The summed E-state index contributed by atoms with van der Waals surface area (Å²) in [7, 11) is 0. The Morgan fingerprint density at radius 2 is 1.86 bits per heavy atom. The van der Waals surface area contributed by atoms with Crippen LogP contribution in [0.15, 0.2) is 0 Å². The second-order valence-corrected chi connectivity index (χ2v) is 7.58. The van der Waals surface area contributed by atoms with Gasteiger partial charge in [-0.25, -0.2) is 0 Å². The van der Waals surface area contributed by atoms with E-state index in [1.807, 2.05) is 18.7 Å². The predicted octanol–water partition coefficient (Wildman–Crippen LogP) is 2.33. The number of nitrogens with zero attached hydrogens (tertiary/aromatic N) is 1. The number of carbonyl (C=O) groups excluding carboxylic acids is 2. The van der Waals surface area contributed by atoms with Crippen molar-refractivity contribution in [1.82, 2.24) is 10.2 Å². The number of hydrogen-bond donors (Lipinski definition) is 1. The van der Waals surface area contributed by atoms with Gasteiger partial charge in [-0.15, -0.1) is 0 Å². The number of rotatable bonds is 3. The lowest BCUT2D eigenvalue weighted by atomic mass is 9.86. The maximum absolute atomic E-state index is 13.2. The van der Waals surface area contributed by atoms with E-state index in [9.17, 15) is 9.59 Å². The molecule has 2 amide bonds. The van der Waals surface area contributed by atoms with Crippen LogP contribution < -0.4 is 5.32 Å². The molecule has 1 saturated heterocycles. The fourth-order valence-corrected chi connectivity index (χ4v) is 4.36. The predicted molar refractivity (Wildman–Crippen MR) is 81.5 cm³/mol. The van der Waals surface area contributed by atoms with Crippen LogP contribution in [-0.2, 0) is 9.59 Å². The summed E-state index contributed by atoms with van der Waals surface area (Å²) >= 11 is 0. The Kier molecular flexibility index (Phi) is 3.53. The summed E-state index contributed by atoms with van der Waals surface area (Å²) in [6.07, 6.45) is 5.02. The zero-order valence-corrected chi connectivity index (χ0v) is 13.7. The zero-order valence-electron chi connectivity index (χ0n) is 13.7. The minimum atomic E-state index is -0.658. The average molecular weight is 292 g/mol. The highest BCUT2D eigenvalue weighted by Gasteiger charge is 2.57. The molecule has 4 nitrogen and oxygen atoms in total. The fourth-order valence-electron chi connectivity index (χ4n) is 4.36. The van der Waals surface area contributed by atoms with E-state index in [0.717, 1.165) is 25.7 Å². The molecule has 0 aromatic rings. The van der Waals surface area contributed by atoms with Crippen molar-refractivity contribution in [3.05, 3.63) is 0 Å². The first-order chi connectivity index (χ1) is 9.90. The lowest BCUT2D eigenvalue weighted by molar-refractivity contribution is -0.159. The molecule has 1 heterocycles. The summed E-state index contributed by atoms with van der Waals surface area (Å²) in [6, 6.07) is -0.0383. The SMILES string of the molecule is CCC1C(=O)NC(C)(C2CC2)C(=O)N1C1CCC(C)C1C. The smallest absolute Gasteiger partial charge is 0.249 e. The van der Waals surface area contributed by atoms with Crippen molar-refractivity contribution in [3.8, 4) is 0 Å². The molecule has 1 aliphatic heterocycles. The van der Waals surface area contributed by atoms with Crippen molar-refractivity contribution in [2.75, 3.05) is 0 Å². The maximum Gasteiger partial charge on any atom is 0.249 e. The van der Waals surface area contributed by atoms with Crippen LogP contribution in [0.2, 0.25) is 0 Å². The van der Waals surface area contributed by atoms with Gasteiger partial charge >= 0.3 is 0 Å². The third-order valence-electron chi connectivity index (χ3n) is 6.26. The van der Waals surface area contributed by atoms with Gasteiger partial charge in [0.25, 0.3) is 0 Å². The maximum atomic E-state index is 13.2. The third-order valence-corrected chi connectivity index (χ3v) is 6.26. The normalized spacial score (nSPS) is 44.1. The van der Waals surface area contributed by atoms with Gasteiger partial charge in [0.2, 0.25) is 11.8 Å². The highest BCUT2D eigenvalue weighted by Crippen LogP contribution is 2.45. The number of nitrogens with one attached hydrogen (secondary N) is 1. The van der Waals surface area contributed by atoms with Gasteiger partial charge in [-0.3, -0.25) is 9.59 Å². The quantitative estimate of drug-likeness (QED) is 0.868. The van der Waals surface area contributed by atoms with Gasteiger partial charge in [0.05, 0.1) is 0 Å². The Hall–Kier alpha value is -1.06. The van der Waals surface area contributed by atoms with Gasteiger partial charge in [-0.1, -0.05) is 20.8 Å². The van der Waals surface area contributed by atoms with Crippen molar-refractivity contribution in [1.29, 1.82) is 0 Å². The third kappa shape index (κ3) is 2.18. The van der Waals surface area contributed by atoms with E-state index in [0.29, 0.717) is 24.2 Å². The van der Waals surface area contributed by atoms with Crippen LogP contribution in [0.25, 0.3) is 0 Å². The van der Waals surface area contributed by atoms with Crippen LogP contribution in [0.3, 0.4) is 0 Å². The number of carbonyl (C=O) groups is 2. The molecule has 5 atom stereocenters. The molecule has 4 heteroatoms. The monoisotopic (exact) mass is 292 g/mol. The molecule has 0 spiro atoms. The van der Waals surface area contributed by atoms with E-state index in [1.165, 1.54) is 0 Å². The van der Waals surface area contributed by atoms with Crippen molar-refractivity contribution in [2.24, 2.45) is 17.8 Å². The van der Waals surface area contributed by atoms with Crippen molar-refractivity contribution in [2.45, 2.75) is 77.4 Å². The number of hydrogen-bond acceptors (Lipinski definition) is 2. The molecule has 0 radical (unpaired) electrons. The van der Waals surface area contributed by atoms with Gasteiger partial charge in [0.15, 0.2) is 0 Å². The van der Waals surface area contributed by atoms with E-state index >= 15 is 0 Å². The van der Waals surface area contributed by atoms with Crippen molar-refractivity contribution >= 4 is 11.8 Å². The summed E-state index contributed by atoms with van der Waals surface area (Å²) < 4.78 is 0. The van der Waals surface area contributed by atoms with Crippen LogP contribution in [0.1, 0.15) is 59.8 Å². The Morgan fingerprint density at radius 3 is 2.33 bits per heavy atom. The molecule has 3 aliphatic rings. The van der Waals surface area contributed by atoms with Crippen LogP contribution in [0.4, 0.5) is 0 Å². The first-order valence-corrected chi connectivity index (χ1v) is 8.55. The number of amides is 2. The first kappa shape index (κ1) is 14.9. The molecule has 1 N–H and O–H groups in total. The van der Waals surface area contributed by atoms with Gasteiger partial charge in [-0.2, -0.15) is 0 Å². The van der Waals surface area contributed by atoms with E-state index in [2.05, 4.69) is 19.2 Å². The molecule has 3 rings (SSSR count). The molecule has 2 aliphatic carbocycles. The minimum absolute atomic E-state index is 0.0539. The summed E-state index contributed by atoms with van der Waals surface area (Å²) in [4.78, 5) is 27.7. The number of piperazine rings is 1. The molecule has 5 unspecified atom stereocenters. The Labute approximate surface area is 127 Å². The average Bonchev–Trinajstić information content (AvgIpc) is 3.24. The minimum Gasteiger partial charge on any atom is -0.340 e.